The molecule has 2 unspecified atom stereocenters. The van der Waals surface area contributed by atoms with E-state index >= 15 is 0 Å². The zero-order chi connectivity index (χ0) is 17.1. The van der Waals surface area contributed by atoms with Crippen LogP contribution in [0.1, 0.15) is 19.3 Å². The van der Waals surface area contributed by atoms with Crippen LogP contribution >= 0.6 is 0 Å². The molecule has 0 spiro atoms. The van der Waals surface area contributed by atoms with E-state index in [1.807, 2.05) is 6.07 Å². The minimum Gasteiger partial charge on any atom is -0.394 e. The number of hydrogen-bond donors (Lipinski definition) is 2. The smallest absolute Gasteiger partial charge is 0.134 e. The molecule has 3 heterocycles. The van der Waals surface area contributed by atoms with Crippen LogP contribution < -0.4 is 15.1 Å². The number of hydrogen-bond acceptors (Lipinski definition) is 6. The van der Waals surface area contributed by atoms with Crippen LogP contribution in [0.15, 0.2) is 42.7 Å². The summed E-state index contributed by atoms with van der Waals surface area (Å²) in [4.78, 5) is 13.4. The van der Waals surface area contributed by atoms with Crippen LogP contribution in [0.2, 0.25) is 0 Å². The van der Waals surface area contributed by atoms with E-state index in [4.69, 9.17) is 0 Å². The van der Waals surface area contributed by atoms with Crippen molar-refractivity contribution in [3.05, 3.63) is 42.7 Å². The monoisotopic (exact) mass is 339 g/mol. The van der Waals surface area contributed by atoms with Crippen molar-refractivity contribution < 1.29 is 5.11 Å². The maximum Gasteiger partial charge on any atom is 0.134 e. The summed E-state index contributed by atoms with van der Waals surface area (Å²) in [5.74, 6) is 1.91. The molecular weight excluding hydrogens is 314 g/mol. The first-order chi connectivity index (χ1) is 12.3. The van der Waals surface area contributed by atoms with Crippen LogP contribution in [-0.2, 0) is 0 Å². The van der Waals surface area contributed by atoms with E-state index in [1.165, 1.54) is 5.69 Å². The number of para-hydroxylation sites is 1. The number of anilines is 3. The topological polar surface area (TPSA) is 64.5 Å². The number of aliphatic hydroxyl groups excluding tert-OH is 1. The Balaban J connectivity index is 1.43. The summed E-state index contributed by atoms with van der Waals surface area (Å²) in [6.07, 6.45) is 4.88. The molecule has 2 aliphatic heterocycles. The second-order valence-electron chi connectivity index (χ2n) is 6.85. The highest BCUT2D eigenvalue weighted by molar-refractivity contribution is 5.53. The average Bonchev–Trinajstić information content (AvgIpc) is 3.32. The molecule has 2 atom stereocenters. The Labute approximate surface area is 148 Å². The van der Waals surface area contributed by atoms with Crippen molar-refractivity contribution in [3.8, 4) is 0 Å². The van der Waals surface area contributed by atoms with Gasteiger partial charge in [0.25, 0.3) is 0 Å². The van der Waals surface area contributed by atoms with Gasteiger partial charge < -0.3 is 20.2 Å². The molecule has 0 amide bonds. The summed E-state index contributed by atoms with van der Waals surface area (Å²) in [5, 5.41) is 13.1. The van der Waals surface area contributed by atoms with Crippen molar-refractivity contribution in [2.24, 2.45) is 0 Å². The van der Waals surface area contributed by atoms with Crippen LogP contribution in [0.5, 0.6) is 0 Å². The van der Waals surface area contributed by atoms with Crippen molar-refractivity contribution in [1.29, 1.82) is 0 Å². The maximum absolute atomic E-state index is 9.55. The third kappa shape index (κ3) is 3.54. The van der Waals surface area contributed by atoms with E-state index in [0.29, 0.717) is 6.04 Å². The third-order valence-electron chi connectivity index (χ3n) is 5.18. The first-order valence-electron chi connectivity index (χ1n) is 9.09. The molecule has 6 nitrogen and oxygen atoms in total. The standard InChI is InChI=1S/C19H25N5O/c25-13-17-7-4-9-24(17)19-11-18(20-14-21-19)23-10-8-16(12-23)22-15-5-2-1-3-6-15/h1-3,5-6,11,14,16-17,22,25H,4,7-10,12-13H2. The van der Waals surface area contributed by atoms with Crippen LogP contribution in [-0.4, -0.2) is 53.4 Å². The number of rotatable bonds is 5. The molecule has 0 radical (unpaired) electrons. The highest BCUT2D eigenvalue weighted by Gasteiger charge is 2.27. The van der Waals surface area contributed by atoms with Gasteiger partial charge in [-0.15, -0.1) is 0 Å². The predicted octanol–water partition coefficient (Wildman–Crippen LogP) is 2.13. The second-order valence-corrected chi connectivity index (χ2v) is 6.85. The zero-order valence-electron chi connectivity index (χ0n) is 14.4. The lowest BCUT2D eigenvalue weighted by molar-refractivity contribution is 0.266. The Kier molecular flexibility index (Phi) is 4.70. The normalized spacial score (nSPS) is 23.2. The molecule has 2 aromatic rings. The van der Waals surface area contributed by atoms with Crippen molar-refractivity contribution in [1.82, 2.24) is 9.97 Å². The summed E-state index contributed by atoms with van der Waals surface area (Å²) < 4.78 is 0. The molecule has 4 rings (SSSR count). The first-order valence-corrected chi connectivity index (χ1v) is 9.09. The van der Waals surface area contributed by atoms with E-state index < -0.39 is 0 Å². The van der Waals surface area contributed by atoms with Gasteiger partial charge in [-0.05, 0) is 31.4 Å². The van der Waals surface area contributed by atoms with Gasteiger partial charge in [0.15, 0.2) is 0 Å². The second kappa shape index (κ2) is 7.27. The number of benzene rings is 1. The lowest BCUT2D eigenvalue weighted by atomic mass is 10.2. The van der Waals surface area contributed by atoms with E-state index in [-0.39, 0.29) is 12.6 Å². The molecule has 1 aromatic heterocycles. The van der Waals surface area contributed by atoms with Gasteiger partial charge in [-0.3, -0.25) is 0 Å². The molecule has 1 aromatic carbocycles. The summed E-state index contributed by atoms with van der Waals surface area (Å²) in [6.45, 7) is 3.07. The number of nitrogens with one attached hydrogen (secondary N) is 1. The van der Waals surface area contributed by atoms with Crippen molar-refractivity contribution >= 4 is 17.3 Å². The van der Waals surface area contributed by atoms with Crippen molar-refractivity contribution in [2.45, 2.75) is 31.3 Å². The van der Waals surface area contributed by atoms with Gasteiger partial charge in [0.05, 0.1) is 12.6 Å². The highest BCUT2D eigenvalue weighted by Crippen LogP contribution is 2.27. The van der Waals surface area contributed by atoms with Gasteiger partial charge in [0.1, 0.15) is 18.0 Å². The zero-order valence-corrected chi connectivity index (χ0v) is 14.4. The third-order valence-corrected chi connectivity index (χ3v) is 5.18. The highest BCUT2D eigenvalue weighted by atomic mass is 16.3. The molecule has 0 aliphatic carbocycles. The molecule has 132 valence electrons. The van der Waals surface area contributed by atoms with Gasteiger partial charge in [0.2, 0.25) is 0 Å². The van der Waals surface area contributed by atoms with Gasteiger partial charge in [-0.25, -0.2) is 9.97 Å². The number of nitrogens with zero attached hydrogens (tertiary/aromatic N) is 4. The average molecular weight is 339 g/mol. The Morgan fingerprint density at radius 3 is 2.76 bits per heavy atom. The molecular formula is C19H25N5O. The van der Waals surface area contributed by atoms with Crippen LogP contribution in [0, 0.1) is 0 Å². The van der Waals surface area contributed by atoms with Crippen LogP contribution in [0.3, 0.4) is 0 Å². The maximum atomic E-state index is 9.55. The lowest BCUT2D eigenvalue weighted by Crippen LogP contribution is -2.33. The molecule has 2 fully saturated rings. The Morgan fingerprint density at radius 1 is 1.08 bits per heavy atom. The van der Waals surface area contributed by atoms with Crippen LogP contribution in [0.25, 0.3) is 0 Å². The van der Waals surface area contributed by atoms with Crippen LogP contribution in [0.4, 0.5) is 17.3 Å². The van der Waals surface area contributed by atoms with Gasteiger partial charge in [-0.1, -0.05) is 18.2 Å². The quantitative estimate of drug-likeness (QED) is 0.870. The Bertz CT molecular complexity index is 695. The predicted molar refractivity (Wildman–Crippen MR) is 100 cm³/mol. The molecule has 2 aliphatic rings. The summed E-state index contributed by atoms with van der Waals surface area (Å²) in [7, 11) is 0. The van der Waals surface area contributed by atoms with Gasteiger partial charge in [-0.2, -0.15) is 0 Å². The van der Waals surface area contributed by atoms with E-state index in [9.17, 15) is 5.11 Å². The molecule has 6 heteroatoms. The summed E-state index contributed by atoms with van der Waals surface area (Å²) in [6, 6.07) is 13.0. The molecule has 0 bridgehead atoms. The number of aliphatic hydroxyl groups is 1. The number of aromatic nitrogens is 2. The fraction of sp³-hybridized carbons (Fsp3) is 0.474. The van der Waals surface area contributed by atoms with Crippen molar-refractivity contribution in [2.75, 3.05) is 41.4 Å². The minimum atomic E-state index is 0.187. The summed E-state index contributed by atoms with van der Waals surface area (Å²) >= 11 is 0. The molecule has 0 saturated carbocycles. The Morgan fingerprint density at radius 2 is 1.92 bits per heavy atom. The minimum absolute atomic E-state index is 0.187. The van der Waals surface area contributed by atoms with Gasteiger partial charge >= 0.3 is 0 Å². The lowest BCUT2D eigenvalue weighted by Gasteiger charge is -2.25. The summed E-state index contributed by atoms with van der Waals surface area (Å²) in [5.41, 5.74) is 1.17. The van der Waals surface area contributed by atoms with E-state index in [0.717, 1.165) is 50.5 Å². The van der Waals surface area contributed by atoms with E-state index in [2.05, 4.69) is 55.4 Å². The molecule has 2 N–H and O–H groups in total. The Hall–Kier alpha value is -2.34. The SMILES string of the molecule is OCC1CCCN1c1cc(N2CCC(Nc3ccccc3)C2)ncn1. The molecule has 25 heavy (non-hydrogen) atoms. The fourth-order valence-electron chi connectivity index (χ4n) is 3.85. The van der Waals surface area contributed by atoms with E-state index in [1.54, 1.807) is 6.33 Å². The molecule has 2 saturated heterocycles. The fourth-order valence-corrected chi connectivity index (χ4v) is 3.85. The van der Waals surface area contributed by atoms with Gasteiger partial charge in [0, 0.05) is 37.4 Å². The first kappa shape index (κ1) is 16.1. The van der Waals surface area contributed by atoms with Crippen molar-refractivity contribution in [3.63, 3.8) is 0 Å². The largest absolute Gasteiger partial charge is 0.394 e.